The number of nitrogens with zero attached hydrogens (tertiary/aromatic N) is 2. The van der Waals surface area contributed by atoms with E-state index in [1.807, 2.05) is 0 Å². The molecule has 0 atom stereocenters. The number of hydrogen-bond donors (Lipinski definition) is 0. The number of rotatable bonds is 4. The highest BCUT2D eigenvalue weighted by Gasteiger charge is 2.24. The van der Waals surface area contributed by atoms with E-state index in [1.54, 1.807) is 59.4 Å². The zero-order valence-electron chi connectivity index (χ0n) is 17.2. The first-order valence-electron chi connectivity index (χ1n) is 10.0. The van der Waals surface area contributed by atoms with Gasteiger partial charge < -0.3 is 24.0 Å². The molecular weight excluding hydrogens is 420 g/mol. The highest BCUT2D eigenvalue weighted by atomic mass is 35.5. The predicted octanol–water partition coefficient (Wildman–Crippen LogP) is 3.12. The van der Waals surface area contributed by atoms with Crippen molar-refractivity contribution in [3.63, 3.8) is 0 Å². The maximum absolute atomic E-state index is 12.7. The first-order valence-corrected chi connectivity index (χ1v) is 10.4. The zero-order chi connectivity index (χ0) is 21.8. The van der Waals surface area contributed by atoms with Crippen LogP contribution in [0.2, 0.25) is 5.02 Å². The van der Waals surface area contributed by atoms with Crippen molar-refractivity contribution in [2.45, 2.75) is 0 Å². The lowest BCUT2D eigenvalue weighted by atomic mass is 10.1. The standard InChI is InChI=1S/C23H23ClN2O5/c1-29-18-4-2-3-17(15-18)23(28)26-9-7-25(8-10-26)21(27)6-5-16-13-19(24)22-20(14-16)30-11-12-31-22/h2-6,13-15H,7-12H2,1H3/b6-5+. The predicted molar refractivity (Wildman–Crippen MR) is 117 cm³/mol. The molecule has 0 radical (unpaired) electrons. The molecule has 8 heteroatoms. The van der Waals surface area contributed by atoms with E-state index in [1.165, 1.54) is 6.08 Å². The molecule has 4 rings (SSSR count). The molecule has 162 valence electrons. The van der Waals surface area contributed by atoms with Crippen molar-refractivity contribution in [1.82, 2.24) is 9.80 Å². The number of benzene rings is 2. The lowest BCUT2D eigenvalue weighted by Crippen LogP contribution is -2.50. The summed E-state index contributed by atoms with van der Waals surface area (Å²) in [5, 5.41) is 0.453. The van der Waals surface area contributed by atoms with Crippen LogP contribution < -0.4 is 14.2 Å². The maximum Gasteiger partial charge on any atom is 0.254 e. The Morgan fingerprint density at radius 1 is 1.03 bits per heavy atom. The highest BCUT2D eigenvalue weighted by Crippen LogP contribution is 2.38. The molecule has 0 aliphatic carbocycles. The zero-order valence-corrected chi connectivity index (χ0v) is 17.9. The van der Waals surface area contributed by atoms with Crippen LogP contribution in [-0.4, -0.2) is 68.1 Å². The van der Waals surface area contributed by atoms with Crippen LogP contribution in [0, 0.1) is 0 Å². The van der Waals surface area contributed by atoms with Gasteiger partial charge in [-0.3, -0.25) is 9.59 Å². The molecule has 0 unspecified atom stereocenters. The SMILES string of the molecule is COc1cccc(C(=O)N2CCN(C(=O)/C=C/c3cc(Cl)c4c(c3)OCCO4)CC2)c1. The van der Waals surface area contributed by atoms with Crippen molar-refractivity contribution in [2.24, 2.45) is 0 Å². The molecule has 2 aliphatic heterocycles. The fourth-order valence-electron chi connectivity index (χ4n) is 3.57. The van der Waals surface area contributed by atoms with Crippen LogP contribution in [-0.2, 0) is 4.79 Å². The van der Waals surface area contributed by atoms with Crippen LogP contribution in [0.1, 0.15) is 15.9 Å². The Morgan fingerprint density at radius 3 is 2.55 bits per heavy atom. The van der Waals surface area contributed by atoms with Gasteiger partial charge >= 0.3 is 0 Å². The van der Waals surface area contributed by atoms with Gasteiger partial charge in [0.1, 0.15) is 19.0 Å². The summed E-state index contributed by atoms with van der Waals surface area (Å²) >= 11 is 6.25. The van der Waals surface area contributed by atoms with Crippen molar-refractivity contribution in [1.29, 1.82) is 0 Å². The van der Waals surface area contributed by atoms with E-state index >= 15 is 0 Å². The number of carbonyl (C=O) groups is 2. The van der Waals surface area contributed by atoms with Gasteiger partial charge in [0, 0.05) is 37.8 Å². The molecule has 31 heavy (non-hydrogen) atoms. The van der Waals surface area contributed by atoms with Crippen molar-refractivity contribution in [2.75, 3.05) is 46.5 Å². The average molecular weight is 443 g/mol. The molecule has 2 heterocycles. The average Bonchev–Trinajstić information content (AvgIpc) is 2.82. The fraction of sp³-hybridized carbons (Fsp3) is 0.304. The van der Waals surface area contributed by atoms with E-state index in [4.69, 9.17) is 25.8 Å². The van der Waals surface area contributed by atoms with E-state index in [0.717, 1.165) is 5.56 Å². The Balaban J connectivity index is 1.35. The Kier molecular flexibility index (Phi) is 6.32. The second-order valence-electron chi connectivity index (χ2n) is 7.21. The van der Waals surface area contributed by atoms with Gasteiger partial charge in [-0.05, 0) is 42.0 Å². The van der Waals surface area contributed by atoms with E-state index < -0.39 is 0 Å². The number of carbonyl (C=O) groups excluding carboxylic acids is 2. The van der Waals surface area contributed by atoms with Gasteiger partial charge in [-0.25, -0.2) is 0 Å². The van der Waals surface area contributed by atoms with Crippen LogP contribution in [0.15, 0.2) is 42.5 Å². The minimum absolute atomic E-state index is 0.0625. The number of amides is 2. The third-order valence-electron chi connectivity index (χ3n) is 5.23. The minimum Gasteiger partial charge on any atom is -0.497 e. The van der Waals surface area contributed by atoms with E-state index in [9.17, 15) is 9.59 Å². The van der Waals surface area contributed by atoms with Gasteiger partial charge in [0.25, 0.3) is 5.91 Å². The Hall–Kier alpha value is -3.19. The summed E-state index contributed by atoms with van der Waals surface area (Å²) in [7, 11) is 1.57. The van der Waals surface area contributed by atoms with Gasteiger partial charge in [-0.1, -0.05) is 17.7 Å². The summed E-state index contributed by atoms with van der Waals surface area (Å²) in [5.74, 6) is 1.58. The summed E-state index contributed by atoms with van der Waals surface area (Å²) < 4.78 is 16.3. The summed E-state index contributed by atoms with van der Waals surface area (Å²) in [4.78, 5) is 28.8. The van der Waals surface area contributed by atoms with Crippen LogP contribution in [0.25, 0.3) is 6.08 Å². The van der Waals surface area contributed by atoms with Crippen LogP contribution in [0.5, 0.6) is 17.2 Å². The van der Waals surface area contributed by atoms with Crippen LogP contribution in [0.4, 0.5) is 0 Å². The van der Waals surface area contributed by atoms with Crippen LogP contribution in [0.3, 0.4) is 0 Å². The highest BCUT2D eigenvalue weighted by molar-refractivity contribution is 6.32. The number of halogens is 1. The van der Waals surface area contributed by atoms with Gasteiger partial charge in [-0.2, -0.15) is 0 Å². The van der Waals surface area contributed by atoms with Gasteiger partial charge in [-0.15, -0.1) is 0 Å². The largest absolute Gasteiger partial charge is 0.497 e. The summed E-state index contributed by atoms with van der Waals surface area (Å²) in [6, 6.07) is 10.6. The van der Waals surface area contributed by atoms with Crippen molar-refractivity contribution < 1.29 is 23.8 Å². The molecule has 0 saturated carbocycles. The molecule has 0 N–H and O–H groups in total. The number of fused-ring (bicyclic) bond motifs is 1. The molecule has 1 fully saturated rings. The van der Waals surface area contributed by atoms with E-state index in [2.05, 4.69) is 0 Å². The lowest BCUT2D eigenvalue weighted by Gasteiger charge is -2.34. The Labute approximate surface area is 185 Å². The molecule has 0 aromatic heterocycles. The maximum atomic E-state index is 12.7. The molecule has 1 saturated heterocycles. The summed E-state index contributed by atoms with van der Waals surface area (Å²) in [6.45, 7) is 2.83. The molecule has 2 aromatic rings. The van der Waals surface area contributed by atoms with Crippen molar-refractivity contribution in [3.05, 3.63) is 58.6 Å². The minimum atomic E-state index is -0.112. The summed E-state index contributed by atoms with van der Waals surface area (Å²) in [6.07, 6.45) is 3.22. The fourth-order valence-corrected chi connectivity index (χ4v) is 3.84. The number of piperazine rings is 1. The first kappa shape index (κ1) is 21.1. The molecular formula is C23H23ClN2O5. The van der Waals surface area contributed by atoms with Crippen molar-refractivity contribution in [3.8, 4) is 17.2 Å². The van der Waals surface area contributed by atoms with Gasteiger partial charge in [0.15, 0.2) is 11.5 Å². The third-order valence-corrected chi connectivity index (χ3v) is 5.51. The third kappa shape index (κ3) is 4.77. The quantitative estimate of drug-likeness (QED) is 0.680. The van der Waals surface area contributed by atoms with Gasteiger partial charge in [0.05, 0.1) is 12.1 Å². The van der Waals surface area contributed by atoms with E-state index in [0.29, 0.717) is 67.2 Å². The normalized spacial score (nSPS) is 15.8. The Bertz CT molecular complexity index is 1020. The second kappa shape index (κ2) is 9.31. The first-order chi connectivity index (χ1) is 15.0. The molecule has 0 spiro atoms. The molecule has 2 aromatic carbocycles. The second-order valence-corrected chi connectivity index (χ2v) is 7.62. The summed E-state index contributed by atoms with van der Waals surface area (Å²) in [5.41, 5.74) is 1.34. The topological polar surface area (TPSA) is 68.3 Å². The number of ether oxygens (including phenoxy) is 3. The lowest BCUT2D eigenvalue weighted by molar-refractivity contribution is -0.127. The van der Waals surface area contributed by atoms with Crippen LogP contribution >= 0.6 is 11.6 Å². The monoisotopic (exact) mass is 442 g/mol. The number of hydrogen-bond acceptors (Lipinski definition) is 5. The smallest absolute Gasteiger partial charge is 0.254 e. The molecule has 2 amide bonds. The Morgan fingerprint density at radius 2 is 1.77 bits per heavy atom. The molecule has 0 bridgehead atoms. The molecule has 2 aliphatic rings. The van der Waals surface area contributed by atoms with E-state index in [-0.39, 0.29) is 11.8 Å². The molecule has 7 nitrogen and oxygen atoms in total. The van der Waals surface area contributed by atoms with Gasteiger partial charge in [0.2, 0.25) is 5.91 Å². The van der Waals surface area contributed by atoms with Crippen molar-refractivity contribution >= 4 is 29.5 Å². The number of methoxy groups -OCH3 is 1.